The van der Waals surface area contributed by atoms with Crippen LogP contribution in [0.25, 0.3) is 11.8 Å². The maximum atomic E-state index is 11.9. The molecule has 0 unspecified atom stereocenters. The zero-order valence-corrected chi connectivity index (χ0v) is 11.1. The molecular formula is C12H12N6O3. The van der Waals surface area contributed by atoms with E-state index in [2.05, 4.69) is 22.1 Å². The summed E-state index contributed by atoms with van der Waals surface area (Å²) in [6.07, 6.45) is 4.33. The molecule has 3 heterocycles. The summed E-state index contributed by atoms with van der Waals surface area (Å²) in [6, 6.07) is 1.55. The van der Waals surface area contributed by atoms with Crippen LogP contribution in [0.4, 0.5) is 0 Å². The Morgan fingerprint density at radius 2 is 2.48 bits per heavy atom. The fourth-order valence-electron chi connectivity index (χ4n) is 1.79. The molecule has 3 rings (SSSR count). The van der Waals surface area contributed by atoms with Gasteiger partial charge in [-0.05, 0) is 16.5 Å². The number of aromatic nitrogens is 6. The lowest BCUT2D eigenvalue weighted by atomic mass is 10.2. The topological polar surface area (TPSA) is 104 Å². The van der Waals surface area contributed by atoms with Gasteiger partial charge in [0.15, 0.2) is 1.41 Å². The van der Waals surface area contributed by atoms with Crippen molar-refractivity contribution in [3.8, 4) is 11.6 Å². The molecule has 0 aliphatic carbocycles. The number of hydrogen-bond donors (Lipinski definition) is 1. The standard InChI is InChI=1S/C12H12N6O3/c1-3-10-8(6-21-11-4-5-13-14-11)9(7-20-10)18-12(19)17(2)15-16-18/h3-5,7H,1,6H2,2H3,(H,13,14)/i/hT. The molecule has 0 radical (unpaired) electrons. The average molecular weight is 290 g/mol. The molecule has 0 aliphatic rings. The molecule has 0 saturated carbocycles. The minimum absolute atomic E-state index is 0.0766. The minimum Gasteiger partial charge on any atom is -0.472 e. The largest absolute Gasteiger partial charge is 0.472 e. The van der Waals surface area contributed by atoms with Crippen LogP contribution in [0.5, 0.6) is 5.88 Å². The van der Waals surface area contributed by atoms with E-state index >= 15 is 0 Å². The molecule has 21 heavy (non-hydrogen) atoms. The molecule has 3 aromatic rings. The maximum Gasteiger partial charge on any atom is 0.368 e. The molecule has 108 valence electrons. The summed E-state index contributed by atoms with van der Waals surface area (Å²) in [5.41, 5.74) is 0.587. The van der Waals surface area contributed by atoms with Crippen molar-refractivity contribution in [2.45, 2.75) is 6.61 Å². The second-order valence-electron chi connectivity index (χ2n) is 4.12. The molecule has 0 bridgehead atoms. The van der Waals surface area contributed by atoms with Crippen LogP contribution in [0.1, 0.15) is 11.3 Å². The van der Waals surface area contributed by atoms with Gasteiger partial charge in [-0.3, -0.25) is 5.09 Å². The number of hydrogen-bond acceptors (Lipinski definition) is 6. The van der Waals surface area contributed by atoms with Crippen molar-refractivity contribution in [3.05, 3.63) is 46.9 Å². The zero-order chi connectivity index (χ0) is 15.7. The molecule has 0 atom stereocenters. The first-order valence-electron chi connectivity index (χ1n) is 6.44. The highest BCUT2D eigenvalue weighted by Crippen LogP contribution is 2.22. The van der Waals surface area contributed by atoms with Gasteiger partial charge >= 0.3 is 5.69 Å². The summed E-state index contributed by atoms with van der Waals surface area (Å²) in [7, 11) is 1.50. The number of aromatic amines is 1. The molecular weight excluding hydrogens is 276 g/mol. The van der Waals surface area contributed by atoms with E-state index in [0.717, 1.165) is 14.5 Å². The number of ether oxygens (including phenoxy) is 1. The van der Waals surface area contributed by atoms with E-state index in [0.29, 0.717) is 17.0 Å². The van der Waals surface area contributed by atoms with Crippen molar-refractivity contribution in [1.29, 1.82) is 0 Å². The van der Waals surface area contributed by atoms with E-state index in [9.17, 15) is 4.79 Å². The van der Waals surface area contributed by atoms with Crippen LogP contribution < -0.4 is 10.4 Å². The van der Waals surface area contributed by atoms with Crippen LogP contribution in [-0.2, 0) is 13.7 Å². The number of nitrogens with zero attached hydrogens (tertiary/aromatic N) is 5. The molecule has 0 spiro atoms. The fourth-order valence-corrected chi connectivity index (χ4v) is 1.79. The second-order valence-corrected chi connectivity index (χ2v) is 4.12. The van der Waals surface area contributed by atoms with Gasteiger partial charge in [0, 0.05) is 19.3 Å². The van der Waals surface area contributed by atoms with Gasteiger partial charge in [0.1, 0.15) is 24.3 Å². The van der Waals surface area contributed by atoms with Crippen LogP contribution >= 0.6 is 0 Å². The summed E-state index contributed by atoms with van der Waals surface area (Å²) in [5, 5.41) is 12.1. The zero-order valence-electron chi connectivity index (χ0n) is 12.1. The van der Waals surface area contributed by atoms with Crippen LogP contribution in [0.2, 0.25) is 1.41 Å². The predicted molar refractivity (Wildman–Crippen MR) is 71.9 cm³/mol. The molecule has 0 aliphatic heterocycles. The Kier molecular flexibility index (Phi) is 2.85. The normalized spacial score (nSPS) is 11.4. The summed E-state index contributed by atoms with van der Waals surface area (Å²) >= 11 is 0. The second kappa shape index (κ2) is 5.12. The molecule has 3 aromatic heterocycles. The van der Waals surface area contributed by atoms with E-state index in [1.165, 1.54) is 25.6 Å². The van der Waals surface area contributed by atoms with Crippen molar-refractivity contribution in [2.75, 3.05) is 0 Å². The van der Waals surface area contributed by atoms with E-state index in [1.807, 2.05) is 0 Å². The Balaban J connectivity index is 1.95. The molecule has 0 amide bonds. The van der Waals surface area contributed by atoms with E-state index in [1.54, 1.807) is 6.07 Å². The first-order valence-corrected chi connectivity index (χ1v) is 6.00. The van der Waals surface area contributed by atoms with Gasteiger partial charge in [0.05, 0.1) is 5.56 Å². The Morgan fingerprint density at radius 1 is 1.62 bits per heavy atom. The summed E-state index contributed by atoms with van der Waals surface area (Å²) < 4.78 is 20.3. The van der Waals surface area contributed by atoms with Gasteiger partial charge in [0.2, 0.25) is 5.88 Å². The lowest BCUT2D eigenvalue weighted by Crippen LogP contribution is -2.22. The number of tetrazole rings is 1. The lowest BCUT2D eigenvalue weighted by molar-refractivity contribution is 0.291. The van der Waals surface area contributed by atoms with Crippen molar-refractivity contribution in [2.24, 2.45) is 7.05 Å². The van der Waals surface area contributed by atoms with Crippen molar-refractivity contribution < 1.29 is 10.6 Å². The summed E-state index contributed by atoms with van der Waals surface area (Å²) in [5.74, 6) is 0.738. The van der Waals surface area contributed by atoms with Crippen molar-refractivity contribution in [3.63, 3.8) is 0 Å². The lowest BCUT2D eigenvalue weighted by Gasteiger charge is -2.04. The Morgan fingerprint density at radius 3 is 3.10 bits per heavy atom. The number of nitrogens with one attached hydrogen (secondary N) is 1. The van der Waals surface area contributed by atoms with E-state index in [-0.39, 0.29) is 12.5 Å². The van der Waals surface area contributed by atoms with Crippen molar-refractivity contribution >= 4 is 6.08 Å². The Hall–Kier alpha value is -3.10. The maximum absolute atomic E-state index is 11.9. The minimum atomic E-state index is -0.409. The fraction of sp³-hybridized carbons (Fsp3) is 0.167. The van der Waals surface area contributed by atoms with Gasteiger partial charge in [-0.2, -0.15) is 9.36 Å². The van der Waals surface area contributed by atoms with Gasteiger partial charge in [0.25, 0.3) is 0 Å². The van der Waals surface area contributed by atoms with Crippen molar-refractivity contribution in [1.82, 2.24) is 30.0 Å². The van der Waals surface area contributed by atoms with Gasteiger partial charge < -0.3 is 9.15 Å². The molecule has 9 nitrogen and oxygen atoms in total. The quantitative estimate of drug-likeness (QED) is 0.734. The van der Waals surface area contributed by atoms with E-state index < -0.39 is 5.69 Å². The summed E-state index contributed by atoms with van der Waals surface area (Å²) in [6.45, 7) is 3.73. The predicted octanol–water partition coefficient (Wildman–Crippen LogP) is 0.504. The third-order valence-corrected chi connectivity index (χ3v) is 2.84. The third-order valence-electron chi connectivity index (χ3n) is 2.84. The van der Waals surface area contributed by atoms with Crippen LogP contribution in [0.3, 0.4) is 0 Å². The highest BCUT2D eigenvalue weighted by Gasteiger charge is 2.18. The average Bonchev–Trinajstić information content (AvgIpc) is 3.18. The monoisotopic (exact) mass is 290 g/mol. The molecule has 9 heteroatoms. The first-order chi connectivity index (χ1) is 10.6. The molecule has 0 aromatic carbocycles. The smallest absolute Gasteiger partial charge is 0.368 e. The Labute approximate surface area is 119 Å². The van der Waals surface area contributed by atoms with Crippen LogP contribution in [0.15, 0.2) is 34.3 Å². The van der Waals surface area contributed by atoms with Gasteiger partial charge in [-0.1, -0.05) is 6.58 Å². The number of H-pyrrole nitrogens is 1. The van der Waals surface area contributed by atoms with Crippen LogP contribution in [-0.4, -0.2) is 30.0 Å². The third kappa shape index (κ3) is 2.24. The number of aryl methyl sites for hydroxylation is 1. The first kappa shape index (κ1) is 11.7. The highest BCUT2D eigenvalue weighted by molar-refractivity contribution is 5.53. The van der Waals surface area contributed by atoms with Gasteiger partial charge in [-0.15, -0.1) is 5.10 Å². The van der Waals surface area contributed by atoms with Gasteiger partial charge in [-0.25, -0.2) is 4.79 Å². The molecule has 0 fully saturated rings. The molecule has 1 N–H and O–H groups in total. The molecule has 0 saturated heterocycles. The van der Waals surface area contributed by atoms with Crippen LogP contribution in [0, 0.1) is 0 Å². The summed E-state index contributed by atoms with van der Waals surface area (Å²) in [4.78, 5) is 11.9. The highest BCUT2D eigenvalue weighted by atomic mass is 16.5. The Bertz CT molecular complexity index is 874. The SMILES string of the molecule is [3H]n1ccc(OCc2c(-n3nnn(C)c3=O)coc2C=C)n1. The number of rotatable bonds is 5. The number of furan rings is 1. The van der Waals surface area contributed by atoms with E-state index in [4.69, 9.17) is 10.6 Å².